The summed E-state index contributed by atoms with van der Waals surface area (Å²) in [6.07, 6.45) is 1.13. The molecule has 1 atom stereocenters. The van der Waals surface area contributed by atoms with E-state index in [1.165, 1.54) is 5.56 Å². The van der Waals surface area contributed by atoms with Crippen LogP contribution in [0.1, 0.15) is 5.56 Å². The van der Waals surface area contributed by atoms with Gasteiger partial charge in [-0.25, -0.2) is 4.98 Å². The van der Waals surface area contributed by atoms with Gasteiger partial charge in [-0.2, -0.15) is 0 Å². The van der Waals surface area contributed by atoms with E-state index in [4.69, 9.17) is 4.74 Å². The molecule has 4 nitrogen and oxygen atoms in total. The number of nitrogens with one attached hydrogen (secondary N) is 2. The Morgan fingerprint density at radius 1 is 1.16 bits per heavy atom. The lowest BCUT2D eigenvalue weighted by Gasteiger charge is -2.12. The number of nitrogens with zero attached hydrogens (tertiary/aromatic N) is 1. The Balaban J connectivity index is 1.59. The Hall–Kier alpha value is -2.23. The topological polar surface area (TPSA) is 46.2 Å². The van der Waals surface area contributed by atoms with Crippen LogP contribution in [-0.2, 0) is 6.42 Å². The molecule has 19 heavy (non-hydrogen) atoms. The van der Waals surface area contributed by atoms with Gasteiger partial charge < -0.3 is 15.4 Å². The molecule has 0 amide bonds. The highest BCUT2D eigenvalue weighted by atomic mass is 16.5. The normalized spacial score (nSPS) is 16.6. The Morgan fingerprint density at radius 3 is 2.84 bits per heavy atom. The SMILES string of the molecule is CNc1cccc(NCC2Cc3ccccc3O2)n1. The van der Waals surface area contributed by atoms with Crippen LogP contribution < -0.4 is 15.4 Å². The molecular weight excluding hydrogens is 238 g/mol. The molecule has 0 saturated carbocycles. The van der Waals surface area contributed by atoms with Crippen LogP contribution in [0.4, 0.5) is 11.6 Å². The third-order valence-corrected chi connectivity index (χ3v) is 3.23. The van der Waals surface area contributed by atoms with Crippen molar-refractivity contribution in [3.8, 4) is 5.75 Å². The van der Waals surface area contributed by atoms with E-state index in [-0.39, 0.29) is 6.10 Å². The second-order valence-corrected chi connectivity index (χ2v) is 4.59. The third-order valence-electron chi connectivity index (χ3n) is 3.23. The lowest BCUT2D eigenvalue weighted by Crippen LogP contribution is -2.24. The van der Waals surface area contributed by atoms with E-state index in [0.29, 0.717) is 0 Å². The lowest BCUT2D eigenvalue weighted by atomic mass is 10.1. The molecule has 2 heterocycles. The van der Waals surface area contributed by atoms with E-state index in [1.807, 2.05) is 37.4 Å². The number of hydrogen-bond acceptors (Lipinski definition) is 4. The van der Waals surface area contributed by atoms with E-state index < -0.39 is 0 Å². The Kier molecular flexibility index (Phi) is 3.23. The van der Waals surface area contributed by atoms with Crippen molar-refractivity contribution in [1.82, 2.24) is 4.98 Å². The minimum absolute atomic E-state index is 0.178. The molecule has 1 aliphatic heterocycles. The highest BCUT2D eigenvalue weighted by Gasteiger charge is 2.21. The van der Waals surface area contributed by atoms with Gasteiger partial charge in [0.25, 0.3) is 0 Å². The van der Waals surface area contributed by atoms with Gasteiger partial charge in [0.2, 0.25) is 0 Å². The monoisotopic (exact) mass is 255 g/mol. The summed E-state index contributed by atoms with van der Waals surface area (Å²) in [4.78, 5) is 4.42. The van der Waals surface area contributed by atoms with Crippen molar-refractivity contribution >= 4 is 11.6 Å². The van der Waals surface area contributed by atoms with Crippen molar-refractivity contribution in [2.45, 2.75) is 12.5 Å². The fourth-order valence-corrected chi connectivity index (χ4v) is 2.26. The van der Waals surface area contributed by atoms with Gasteiger partial charge in [-0.1, -0.05) is 24.3 Å². The Morgan fingerprint density at radius 2 is 2.00 bits per heavy atom. The number of para-hydroxylation sites is 1. The van der Waals surface area contributed by atoms with Crippen LogP contribution in [0.2, 0.25) is 0 Å². The number of anilines is 2. The van der Waals surface area contributed by atoms with Gasteiger partial charge in [0.05, 0.1) is 6.54 Å². The van der Waals surface area contributed by atoms with Crippen molar-refractivity contribution in [3.63, 3.8) is 0 Å². The van der Waals surface area contributed by atoms with E-state index in [0.717, 1.165) is 30.4 Å². The van der Waals surface area contributed by atoms with Crippen molar-refractivity contribution in [3.05, 3.63) is 48.0 Å². The zero-order chi connectivity index (χ0) is 13.1. The highest BCUT2D eigenvalue weighted by molar-refractivity contribution is 5.45. The molecule has 0 saturated heterocycles. The number of rotatable bonds is 4. The predicted molar refractivity (Wildman–Crippen MR) is 76.8 cm³/mol. The predicted octanol–water partition coefficient (Wildman–Crippen LogP) is 2.54. The number of hydrogen-bond donors (Lipinski definition) is 2. The molecule has 98 valence electrons. The molecule has 2 aromatic rings. The number of pyridine rings is 1. The van der Waals surface area contributed by atoms with Crippen LogP contribution in [0.3, 0.4) is 0 Å². The van der Waals surface area contributed by atoms with Crippen LogP contribution in [-0.4, -0.2) is 24.7 Å². The molecule has 1 aromatic carbocycles. The molecule has 4 heteroatoms. The summed E-state index contributed by atoms with van der Waals surface area (Å²) in [5.74, 6) is 2.73. The summed E-state index contributed by atoms with van der Waals surface area (Å²) in [7, 11) is 1.86. The molecule has 3 rings (SSSR count). The van der Waals surface area contributed by atoms with E-state index in [9.17, 15) is 0 Å². The van der Waals surface area contributed by atoms with Gasteiger partial charge in [0.1, 0.15) is 23.5 Å². The van der Waals surface area contributed by atoms with Crippen molar-refractivity contribution < 1.29 is 4.74 Å². The minimum atomic E-state index is 0.178. The summed E-state index contributed by atoms with van der Waals surface area (Å²) < 4.78 is 5.88. The molecular formula is C15H17N3O. The average Bonchev–Trinajstić information content (AvgIpc) is 2.88. The quantitative estimate of drug-likeness (QED) is 0.881. The van der Waals surface area contributed by atoms with Crippen LogP contribution in [0, 0.1) is 0 Å². The molecule has 0 fully saturated rings. The second-order valence-electron chi connectivity index (χ2n) is 4.59. The molecule has 1 unspecified atom stereocenters. The summed E-state index contributed by atoms with van der Waals surface area (Å²) in [6, 6.07) is 14.1. The first-order chi connectivity index (χ1) is 9.35. The molecule has 1 aliphatic rings. The largest absolute Gasteiger partial charge is 0.488 e. The molecule has 0 aliphatic carbocycles. The molecule has 0 bridgehead atoms. The fraction of sp³-hybridized carbons (Fsp3) is 0.267. The standard InChI is InChI=1S/C15H17N3O/c1-16-14-7-4-8-15(18-14)17-10-12-9-11-5-2-3-6-13(11)19-12/h2-8,12H,9-10H2,1H3,(H2,16,17,18). The third kappa shape index (κ3) is 2.62. The van der Waals surface area contributed by atoms with Crippen LogP contribution in [0.25, 0.3) is 0 Å². The number of fused-ring (bicyclic) bond motifs is 1. The molecule has 1 aromatic heterocycles. The van der Waals surface area contributed by atoms with Gasteiger partial charge in [-0.05, 0) is 23.8 Å². The summed E-state index contributed by atoms with van der Waals surface area (Å²) in [5, 5.41) is 6.35. The van der Waals surface area contributed by atoms with Gasteiger partial charge >= 0.3 is 0 Å². The minimum Gasteiger partial charge on any atom is -0.488 e. The summed E-state index contributed by atoms with van der Waals surface area (Å²) in [6.45, 7) is 0.759. The van der Waals surface area contributed by atoms with Gasteiger partial charge in [-0.3, -0.25) is 0 Å². The first-order valence-electron chi connectivity index (χ1n) is 6.48. The molecule has 0 spiro atoms. The maximum absolute atomic E-state index is 5.88. The lowest BCUT2D eigenvalue weighted by molar-refractivity contribution is 0.246. The summed E-state index contributed by atoms with van der Waals surface area (Å²) in [5.41, 5.74) is 1.28. The maximum Gasteiger partial charge on any atom is 0.128 e. The number of benzene rings is 1. The van der Waals surface area contributed by atoms with Crippen LogP contribution in [0.15, 0.2) is 42.5 Å². The smallest absolute Gasteiger partial charge is 0.128 e. The first-order valence-corrected chi connectivity index (χ1v) is 6.48. The molecule has 0 radical (unpaired) electrons. The second kappa shape index (κ2) is 5.18. The Labute approximate surface area is 112 Å². The van der Waals surface area contributed by atoms with E-state index in [2.05, 4.69) is 27.8 Å². The van der Waals surface area contributed by atoms with Gasteiger partial charge in [-0.15, -0.1) is 0 Å². The zero-order valence-electron chi connectivity index (χ0n) is 10.9. The number of aromatic nitrogens is 1. The summed E-state index contributed by atoms with van der Waals surface area (Å²) >= 11 is 0. The first kappa shape index (κ1) is 11.8. The fourth-order valence-electron chi connectivity index (χ4n) is 2.26. The zero-order valence-corrected chi connectivity index (χ0v) is 10.9. The van der Waals surface area contributed by atoms with Crippen LogP contribution >= 0.6 is 0 Å². The van der Waals surface area contributed by atoms with Crippen LogP contribution in [0.5, 0.6) is 5.75 Å². The van der Waals surface area contributed by atoms with E-state index in [1.54, 1.807) is 0 Å². The van der Waals surface area contributed by atoms with Gasteiger partial charge in [0.15, 0.2) is 0 Å². The van der Waals surface area contributed by atoms with E-state index >= 15 is 0 Å². The number of ether oxygens (including phenoxy) is 1. The maximum atomic E-state index is 5.88. The van der Waals surface area contributed by atoms with Crippen molar-refractivity contribution in [1.29, 1.82) is 0 Å². The molecule has 2 N–H and O–H groups in total. The highest BCUT2D eigenvalue weighted by Crippen LogP contribution is 2.28. The Bertz CT molecular complexity index is 546. The average molecular weight is 255 g/mol. The van der Waals surface area contributed by atoms with Crippen molar-refractivity contribution in [2.75, 3.05) is 24.2 Å². The van der Waals surface area contributed by atoms with Gasteiger partial charge in [0, 0.05) is 13.5 Å². The van der Waals surface area contributed by atoms with Crippen molar-refractivity contribution in [2.24, 2.45) is 0 Å².